The fourth-order valence-corrected chi connectivity index (χ4v) is 3.98. The van der Waals surface area contributed by atoms with Crippen molar-refractivity contribution in [2.45, 2.75) is 34.8 Å². The van der Waals surface area contributed by atoms with Crippen LogP contribution in [0.4, 0.5) is 0 Å². The monoisotopic (exact) mass is 302 g/mol. The summed E-state index contributed by atoms with van der Waals surface area (Å²) in [4.78, 5) is 1.31. The van der Waals surface area contributed by atoms with Crippen LogP contribution in [-0.2, 0) is 14.6 Å². The van der Waals surface area contributed by atoms with Crippen LogP contribution in [0, 0.1) is 0 Å². The van der Waals surface area contributed by atoms with Crippen molar-refractivity contribution in [1.82, 2.24) is 0 Å². The highest BCUT2D eigenvalue weighted by Crippen LogP contribution is 2.22. The molecular formula is C13H18O4S2. The molecule has 1 saturated heterocycles. The molecule has 1 N–H and O–H groups in total. The highest BCUT2D eigenvalue weighted by atomic mass is 32.2. The number of aliphatic hydroxyl groups excluding tert-OH is 1. The fourth-order valence-electron chi connectivity index (χ4n) is 2.08. The highest BCUT2D eigenvalue weighted by molar-refractivity contribution is 7.98. The second-order valence-corrected chi connectivity index (χ2v) is 7.49. The Balaban J connectivity index is 2.12. The van der Waals surface area contributed by atoms with E-state index in [1.54, 1.807) is 36.0 Å². The van der Waals surface area contributed by atoms with Crippen molar-refractivity contribution < 1.29 is 18.3 Å². The van der Waals surface area contributed by atoms with Crippen molar-refractivity contribution in [3.63, 3.8) is 0 Å². The Morgan fingerprint density at radius 2 is 2.05 bits per heavy atom. The number of ether oxygens (including phenoxy) is 1. The van der Waals surface area contributed by atoms with Crippen molar-refractivity contribution in [1.29, 1.82) is 0 Å². The average Bonchev–Trinajstić information content (AvgIpc) is 2.41. The molecule has 1 aromatic rings. The first-order valence-corrected chi connectivity index (χ1v) is 9.07. The lowest BCUT2D eigenvalue weighted by Crippen LogP contribution is -2.39. The van der Waals surface area contributed by atoms with Crippen LogP contribution in [0.2, 0.25) is 0 Å². The van der Waals surface area contributed by atoms with Crippen LogP contribution in [-0.4, -0.2) is 44.3 Å². The normalized spacial score (nSPS) is 24.3. The molecule has 1 heterocycles. The first kappa shape index (κ1) is 14.8. The lowest BCUT2D eigenvalue weighted by atomic mass is 10.1. The number of benzene rings is 1. The molecule has 2 unspecified atom stereocenters. The van der Waals surface area contributed by atoms with Gasteiger partial charge in [0.15, 0.2) is 9.84 Å². The first-order chi connectivity index (χ1) is 9.03. The second kappa shape index (κ2) is 6.26. The summed E-state index contributed by atoms with van der Waals surface area (Å²) in [5.74, 6) is -0.160. The third-order valence-corrected chi connectivity index (χ3v) is 5.71. The quantitative estimate of drug-likeness (QED) is 0.858. The third-order valence-electron chi connectivity index (χ3n) is 3.21. The summed E-state index contributed by atoms with van der Waals surface area (Å²) in [6, 6.07) is 6.79. The molecule has 0 amide bonds. The summed E-state index contributed by atoms with van der Waals surface area (Å²) < 4.78 is 29.9. The molecule has 0 saturated carbocycles. The van der Waals surface area contributed by atoms with Gasteiger partial charge in [-0.3, -0.25) is 0 Å². The molecule has 4 nitrogen and oxygen atoms in total. The Hall–Kier alpha value is -0.560. The summed E-state index contributed by atoms with van der Waals surface area (Å²) in [6.07, 6.45) is 2.02. The Kier molecular flexibility index (Phi) is 4.89. The van der Waals surface area contributed by atoms with E-state index in [1.165, 1.54) is 0 Å². The Labute approximate surface area is 118 Å². The van der Waals surface area contributed by atoms with Crippen molar-refractivity contribution in [2.24, 2.45) is 0 Å². The number of thioether (sulfide) groups is 1. The van der Waals surface area contributed by atoms with Gasteiger partial charge in [-0.2, -0.15) is 0 Å². The van der Waals surface area contributed by atoms with Crippen LogP contribution < -0.4 is 0 Å². The van der Waals surface area contributed by atoms with E-state index in [1.807, 2.05) is 6.26 Å². The molecule has 1 aromatic carbocycles. The lowest BCUT2D eigenvalue weighted by Gasteiger charge is -2.27. The SMILES string of the molecule is CSc1ccc(S(=O)(=O)CC2OCCCC2O)cc1. The molecule has 2 rings (SSSR count). The minimum Gasteiger partial charge on any atom is -0.390 e. The van der Waals surface area contributed by atoms with Crippen molar-refractivity contribution in [2.75, 3.05) is 18.6 Å². The zero-order chi connectivity index (χ0) is 13.9. The maximum atomic E-state index is 12.2. The number of sulfone groups is 1. The molecule has 1 aliphatic rings. The zero-order valence-electron chi connectivity index (χ0n) is 10.8. The Morgan fingerprint density at radius 1 is 1.37 bits per heavy atom. The Morgan fingerprint density at radius 3 is 2.63 bits per heavy atom. The summed E-state index contributed by atoms with van der Waals surface area (Å²) in [5.41, 5.74) is 0. The topological polar surface area (TPSA) is 63.6 Å². The maximum Gasteiger partial charge on any atom is 0.181 e. The second-order valence-electron chi connectivity index (χ2n) is 4.58. The number of rotatable bonds is 4. The van der Waals surface area contributed by atoms with Gasteiger partial charge in [0.2, 0.25) is 0 Å². The van der Waals surface area contributed by atoms with Crippen molar-refractivity contribution >= 4 is 21.6 Å². The number of hydrogen-bond donors (Lipinski definition) is 1. The maximum absolute atomic E-state index is 12.2. The molecule has 0 aromatic heterocycles. The standard InChI is InChI=1S/C13H18O4S2/c1-18-10-4-6-11(7-5-10)19(15,16)9-13-12(14)3-2-8-17-13/h4-7,12-14H,2-3,8-9H2,1H3. The summed E-state index contributed by atoms with van der Waals surface area (Å²) >= 11 is 1.56. The summed E-state index contributed by atoms with van der Waals surface area (Å²) in [5, 5.41) is 9.77. The van der Waals surface area contributed by atoms with Gasteiger partial charge in [0, 0.05) is 11.5 Å². The molecule has 1 aliphatic heterocycles. The van der Waals surface area contributed by atoms with Crippen LogP contribution in [0.1, 0.15) is 12.8 Å². The minimum absolute atomic E-state index is 0.160. The third kappa shape index (κ3) is 3.72. The van der Waals surface area contributed by atoms with Gasteiger partial charge < -0.3 is 9.84 Å². The van der Waals surface area contributed by atoms with Crippen LogP contribution >= 0.6 is 11.8 Å². The van der Waals surface area contributed by atoms with Gasteiger partial charge in [-0.15, -0.1) is 11.8 Å². The van der Waals surface area contributed by atoms with E-state index in [0.29, 0.717) is 13.0 Å². The van der Waals surface area contributed by atoms with E-state index in [-0.39, 0.29) is 10.6 Å². The Bertz CT molecular complexity index is 510. The zero-order valence-corrected chi connectivity index (χ0v) is 12.4. The average molecular weight is 302 g/mol. The minimum atomic E-state index is -3.41. The van der Waals surface area contributed by atoms with E-state index in [0.717, 1.165) is 11.3 Å². The summed E-state index contributed by atoms with van der Waals surface area (Å²) in [7, 11) is -3.41. The molecule has 0 bridgehead atoms. The first-order valence-electron chi connectivity index (χ1n) is 6.19. The molecule has 106 valence electrons. The van der Waals surface area contributed by atoms with Gasteiger partial charge in [0.05, 0.1) is 22.9 Å². The number of hydrogen-bond acceptors (Lipinski definition) is 5. The number of aliphatic hydroxyl groups is 1. The van der Waals surface area contributed by atoms with E-state index in [2.05, 4.69) is 0 Å². The van der Waals surface area contributed by atoms with E-state index < -0.39 is 22.0 Å². The predicted octanol–water partition coefficient (Wildman–Crippen LogP) is 1.72. The van der Waals surface area contributed by atoms with Gasteiger partial charge in [-0.05, 0) is 43.4 Å². The van der Waals surface area contributed by atoms with Crippen LogP contribution in [0.25, 0.3) is 0 Å². The van der Waals surface area contributed by atoms with Crippen molar-refractivity contribution in [3.8, 4) is 0 Å². The van der Waals surface area contributed by atoms with Crippen LogP contribution in [0.5, 0.6) is 0 Å². The van der Waals surface area contributed by atoms with Crippen LogP contribution in [0.15, 0.2) is 34.1 Å². The fraction of sp³-hybridized carbons (Fsp3) is 0.538. The lowest BCUT2D eigenvalue weighted by molar-refractivity contribution is -0.0615. The van der Waals surface area contributed by atoms with Gasteiger partial charge in [-0.25, -0.2) is 8.42 Å². The van der Waals surface area contributed by atoms with Gasteiger partial charge >= 0.3 is 0 Å². The largest absolute Gasteiger partial charge is 0.390 e. The molecule has 0 radical (unpaired) electrons. The molecule has 6 heteroatoms. The summed E-state index contributed by atoms with van der Waals surface area (Å²) in [6.45, 7) is 0.517. The molecule has 0 aliphatic carbocycles. The highest BCUT2D eigenvalue weighted by Gasteiger charge is 2.29. The molecule has 0 spiro atoms. The van der Waals surface area contributed by atoms with E-state index in [9.17, 15) is 13.5 Å². The van der Waals surface area contributed by atoms with E-state index >= 15 is 0 Å². The predicted molar refractivity (Wildman–Crippen MR) is 75.3 cm³/mol. The van der Waals surface area contributed by atoms with Gasteiger partial charge in [-0.1, -0.05) is 0 Å². The van der Waals surface area contributed by atoms with E-state index in [4.69, 9.17) is 4.74 Å². The van der Waals surface area contributed by atoms with Gasteiger partial charge in [0.25, 0.3) is 0 Å². The smallest absolute Gasteiger partial charge is 0.181 e. The molecule has 2 atom stereocenters. The van der Waals surface area contributed by atoms with Crippen LogP contribution in [0.3, 0.4) is 0 Å². The molecule has 1 fully saturated rings. The molecular weight excluding hydrogens is 284 g/mol. The van der Waals surface area contributed by atoms with Crippen molar-refractivity contribution in [3.05, 3.63) is 24.3 Å². The molecule has 19 heavy (non-hydrogen) atoms. The van der Waals surface area contributed by atoms with Gasteiger partial charge in [0.1, 0.15) is 0 Å².